The van der Waals surface area contributed by atoms with E-state index in [2.05, 4.69) is 35.8 Å². The first kappa shape index (κ1) is 9.97. The molecule has 86 valence electrons. The summed E-state index contributed by atoms with van der Waals surface area (Å²) < 4.78 is 6.01. The molecule has 1 aromatic carbocycles. The van der Waals surface area contributed by atoms with E-state index in [9.17, 15) is 0 Å². The third-order valence-corrected chi connectivity index (χ3v) is 3.38. The van der Waals surface area contributed by atoms with Crippen LogP contribution in [0.15, 0.2) is 18.2 Å². The Morgan fingerprint density at radius 3 is 2.94 bits per heavy atom. The van der Waals surface area contributed by atoms with E-state index in [0.29, 0.717) is 0 Å². The molecule has 1 aromatic rings. The van der Waals surface area contributed by atoms with Crippen LogP contribution >= 0.6 is 0 Å². The molecule has 0 saturated carbocycles. The summed E-state index contributed by atoms with van der Waals surface area (Å²) >= 11 is 0. The van der Waals surface area contributed by atoms with Crippen molar-refractivity contribution in [1.29, 1.82) is 0 Å². The molecular formula is C13H18N2O. The number of fused-ring (bicyclic) bond motifs is 1. The number of hydrogen-bond donors (Lipinski definition) is 2. The summed E-state index contributed by atoms with van der Waals surface area (Å²) in [6.07, 6.45) is 2.38. The van der Waals surface area contributed by atoms with Gasteiger partial charge in [-0.3, -0.25) is 0 Å². The summed E-state index contributed by atoms with van der Waals surface area (Å²) in [6, 6.07) is 6.39. The fraction of sp³-hybridized carbons (Fsp3) is 0.538. The summed E-state index contributed by atoms with van der Waals surface area (Å²) in [5.74, 6) is 1.01. The zero-order valence-corrected chi connectivity index (χ0v) is 9.68. The van der Waals surface area contributed by atoms with Crippen LogP contribution in [0.3, 0.4) is 0 Å². The third kappa shape index (κ3) is 1.76. The second-order valence-electron chi connectivity index (χ2n) is 5.00. The van der Waals surface area contributed by atoms with Crippen LogP contribution < -0.4 is 15.4 Å². The summed E-state index contributed by atoms with van der Waals surface area (Å²) in [7, 11) is 0. The van der Waals surface area contributed by atoms with E-state index in [0.717, 1.165) is 31.8 Å². The Morgan fingerprint density at radius 1 is 1.31 bits per heavy atom. The SMILES string of the molecule is CC1(Oc2ccc3c(c2)CCCN3)CNC1. The van der Waals surface area contributed by atoms with Gasteiger partial charge in [-0.1, -0.05) is 0 Å². The van der Waals surface area contributed by atoms with Crippen LogP contribution in [-0.2, 0) is 6.42 Å². The summed E-state index contributed by atoms with van der Waals surface area (Å²) in [5, 5.41) is 6.66. The Bertz CT molecular complexity index is 399. The van der Waals surface area contributed by atoms with Crippen LogP contribution in [0.4, 0.5) is 5.69 Å². The van der Waals surface area contributed by atoms with Gasteiger partial charge in [-0.05, 0) is 43.5 Å². The summed E-state index contributed by atoms with van der Waals surface area (Å²) in [6.45, 7) is 5.14. The molecule has 3 rings (SSSR count). The van der Waals surface area contributed by atoms with Crippen molar-refractivity contribution >= 4 is 5.69 Å². The summed E-state index contributed by atoms with van der Waals surface area (Å²) in [5.41, 5.74) is 2.66. The first-order valence-corrected chi connectivity index (χ1v) is 6.02. The van der Waals surface area contributed by atoms with Crippen molar-refractivity contribution in [1.82, 2.24) is 5.32 Å². The van der Waals surface area contributed by atoms with Crippen LogP contribution in [0.5, 0.6) is 5.75 Å². The molecule has 2 N–H and O–H groups in total. The first-order valence-electron chi connectivity index (χ1n) is 6.02. The van der Waals surface area contributed by atoms with E-state index in [1.807, 2.05) is 0 Å². The molecule has 1 saturated heterocycles. The van der Waals surface area contributed by atoms with Gasteiger partial charge in [0.05, 0.1) is 0 Å². The van der Waals surface area contributed by atoms with Crippen molar-refractivity contribution in [2.45, 2.75) is 25.4 Å². The van der Waals surface area contributed by atoms with Gasteiger partial charge in [-0.2, -0.15) is 0 Å². The van der Waals surface area contributed by atoms with Crippen molar-refractivity contribution in [3.63, 3.8) is 0 Å². The molecule has 0 bridgehead atoms. The monoisotopic (exact) mass is 218 g/mol. The predicted molar refractivity (Wildman–Crippen MR) is 65.2 cm³/mol. The molecule has 0 unspecified atom stereocenters. The van der Waals surface area contributed by atoms with Crippen molar-refractivity contribution < 1.29 is 4.74 Å². The Morgan fingerprint density at radius 2 is 2.19 bits per heavy atom. The van der Waals surface area contributed by atoms with Gasteiger partial charge in [0, 0.05) is 25.3 Å². The number of rotatable bonds is 2. The summed E-state index contributed by atoms with van der Waals surface area (Å²) in [4.78, 5) is 0. The molecule has 2 aliphatic heterocycles. The van der Waals surface area contributed by atoms with Crippen LogP contribution in [0.25, 0.3) is 0 Å². The Kier molecular flexibility index (Phi) is 2.28. The van der Waals surface area contributed by atoms with Crippen molar-refractivity contribution in [2.24, 2.45) is 0 Å². The van der Waals surface area contributed by atoms with Gasteiger partial charge >= 0.3 is 0 Å². The van der Waals surface area contributed by atoms with Crippen LogP contribution in [0.2, 0.25) is 0 Å². The van der Waals surface area contributed by atoms with E-state index >= 15 is 0 Å². The van der Waals surface area contributed by atoms with Gasteiger partial charge in [0.1, 0.15) is 11.4 Å². The molecule has 0 amide bonds. The van der Waals surface area contributed by atoms with Crippen LogP contribution in [0.1, 0.15) is 18.9 Å². The molecule has 2 aliphatic rings. The minimum atomic E-state index is -0.00364. The highest BCUT2D eigenvalue weighted by Crippen LogP contribution is 2.29. The average molecular weight is 218 g/mol. The molecule has 3 heteroatoms. The highest BCUT2D eigenvalue weighted by Gasteiger charge is 2.33. The minimum absolute atomic E-state index is 0.00364. The van der Waals surface area contributed by atoms with Crippen molar-refractivity contribution in [3.05, 3.63) is 23.8 Å². The number of aryl methyl sites for hydroxylation is 1. The number of hydrogen-bond acceptors (Lipinski definition) is 3. The highest BCUT2D eigenvalue weighted by atomic mass is 16.5. The van der Waals surface area contributed by atoms with E-state index in [-0.39, 0.29) is 5.60 Å². The Labute approximate surface area is 96.2 Å². The molecule has 0 spiro atoms. The maximum atomic E-state index is 6.01. The predicted octanol–water partition coefficient (Wildman–Crippen LogP) is 1.79. The standard InChI is InChI=1S/C13H18N2O/c1-13(8-14-9-13)16-11-4-5-12-10(7-11)3-2-6-15-12/h4-5,7,14-15H,2-3,6,8-9H2,1H3. The fourth-order valence-corrected chi connectivity index (χ4v) is 2.35. The zero-order chi connectivity index (χ0) is 11.0. The normalized spacial score (nSPS) is 21.6. The van der Waals surface area contributed by atoms with Gasteiger partial charge < -0.3 is 15.4 Å². The highest BCUT2D eigenvalue weighted by molar-refractivity contribution is 5.55. The van der Waals surface area contributed by atoms with Gasteiger partial charge in [0.2, 0.25) is 0 Å². The molecule has 0 aliphatic carbocycles. The molecule has 0 radical (unpaired) electrons. The maximum Gasteiger partial charge on any atom is 0.131 e. The van der Waals surface area contributed by atoms with Gasteiger partial charge in [-0.25, -0.2) is 0 Å². The molecule has 1 fully saturated rings. The second kappa shape index (κ2) is 3.67. The first-order chi connectivity index (χ1) is 7.75. The van der Waals surface area contributed by atoms with E-state index < -0.39 is 0 Å². The quantitative estimate of drug-likeness (QED) is 0.794. The lowest BCUT2D eigenvalue weighted by atomic mass is 9.99. The zero-order valence-electron chi connectivity index (χ0n) is 9.68. The van der Waals surface area contributed by atoms with Crippen molar-refractivity contribution in [2.75, 3.05) is 25.0 Å². The Hall–Kier alpha value is -1.22. The van der Waals surface area contributed by atoms with Crippen LogP contribution in [0, 0.1) is 0 Å². The fourth-order valence-electron chi connectivity index (χ4n) is 2.35. The lowest BCUT2D eigenvalue weighted by Gasteiger charge is -2.39. The molecule has 0 aromatic heterocycles. The number of benzene rings is 1. The number of anilines is 1. The lowest BCUT2D eigenvalue weighted by molar-refractivity contribution is 0.0348. The van der Waals surface area contributed by atoms with Crippen LogP contribution in [-0.4, -0.2) is 25.2 Å². The van der Waals surface area contributed by atoms with E-state index in [1.54, 1.807) is 0 Å². The molecular weight excluding hydrogens is 200 g/mol. The second-order valence-corrected chi connectivity index (χ2v) is 5.00. The average Bonchev–Trinajstić information content (AvgIpc) is 2.27. The topological polar surface area (TPSA) is 33.3 Å². The van der Waals surface area contributed by atoms with Gasteiger partial charge in [0.25, 0.3) is 0 Å². The maximum absolute atomic E-state index is 6.01. The molecule has 3 nitrogen and oxygen atoms in total. The number of ether oxygens (including phenoxy) is 1. The van der Waals surface area contributed by atoms with E-state index in [4.69, 9.17) is 4.74 Å². The number of nitrogens with one attached hydrogen (secondary N) is 2. The Balaban J connectivity index is 1.80. The minimum Gasteiger partial charge on any atom is -0.485 e. The van der Waals surface area contributed by atoms with Crippen molar-refractivity contribution in [3.8, 4) is 5.75 Å². The molecule has 0 atom stereocenters. The smallest absolute Gasteiger partial charge is 0.131 e. The molecule has 2 heterocycles. The van der Waals surface area contributed by atoms with E-state index in [1.165, 1.54) is 17.7 Å². The molecule has 16 heavy (non-hydrogen) atoms. The third-order valence-electron chi connectivity index (χ3n) is 3.38. The van der Waals surface area contributed by atoms with Gasteiger partial charge in [0.15, 0.2) is 0 Å². The lowest BCUT2D eigenvalue weighted by Crippen LogP contribution is -2.61. The van der Waals surface area contributed by atoms with Gasteiger partial charge in [-0.15, -0.1) is 0 Å². The largest absolute Gasteiger partial charge is 0.485 e.